The molecule has 0 radical (unpaired) electrons. The summed E-state index contributed by atoms with van der Waals surface area (Å²) in [6, 6.07) is 3.26. The van der Waals surface area contributed by atoms with Crippen LogP contribution in [0.25, 0.3) is 0 Å². The molecule has 1 saturated heterocycles. The Bertz CT molecular complexity index is 1100. The van der Waals surface area contributed by atoms with Gasteiger partial charge in [-0.2, -0.15) is 0 Å². The van der Waals surface area contributed by atoms with E-state index in [2.05, 4.69) is 20.9 Å². The maximum Gasteiger partial charge on any atom is 0.325 e. The Morgan fingerprint density at radius 2 is 1.72 bits per heavy atom. The lowest BCUT2D eigenvalue weighted by Gasteiger charge is -2.28. The minimum absolute atomic E-state index is 0.0291. The Balaban J connectivity index is 1.21. The lowest BCUT2D eigenvalue weighted by atomic mass is 9.85. The van der Waals surface area contributed by atoms with Crippen molar-refractivity contribution >= 4 is 29.6 Å². The Morgan fingerprint density at radius 3 is 2.40 bits per heavy atom. The number of nitrogens with zero attached hydrogens (tertiary/aromatic N) is 2. The molecule has 1 aromatic heterocycles. The van der Waals surface area contributed by atoms with Gasteiger partial charge in [-0.1, -0.05) is 6.07 Å². The molecule has 1 aliphatic heterocycles. The number of likely N-dealkylation sites (tertiary alicyclic amines) is 1. The average Bonchev–Trinajstić information content (AvgIpc) is 3.26. The SMILES string of the molecule is CN1C(=O)C[C@H](C(=O)NCCOCCOCC(=O)NC2CCC(C(=O)NCC(=O)OC(C)(C)C)CC2)[C@H]1c1cccnc1. The van der Waals surface area contributed by atoms with E-state index in [9.17, 15) is 24.0 Å². The summed E-state index contributed by atoms with van der Waals surface area (Å²) in [6.07, 6.45) is 6.04. The molecule has 2 fully saturated rings. The largest absolute Gasteiger partial charge is 0.459 e. The highest BCUT2D eigenvalue weighted by atomic mass is 16.6. The molecule has 43 heavy (non-hydrogen) atoms. The predicted molar refractivity (Wildman–Crippen MR) is 155 cm³/mol. The summed E-state index contributed by atoms with van der Waals surface area (Å²) >= 11 is 0. The number of hydrogen-bond donors (Lipinski definition) is 3. The number of nitrogens with one attached hydrogen (secondary N) is 3. The number of ether oxygens (including phenoxy) is 3. The maximum absolute atomic E-state index is 12.8. The quantitative estimate of drug-likeness (QED) is 0.207. The van der Waals surface area contributed by atoms with Gasteiger partial charge in [0, 0.05) is 44.4 Å². The third-order valence-electron chi connectivity index (χ3n) is 7.39. The van der Waals surface area contributed by atoms with Gasteiger partial charge in [-0.25, -0.2) is 0 Å². The standard InChI is InChI=1S/C30H45N5O8/c1-30(2,3)43-26(38)18-33-28(39)20-7-9-22(10-8-20)34-24(36)19-42-15-14-41-13-12-32-29(40)23-16-25(37)35(4)27(23)21-6-5-11-31-17-21/h5-6,11,17,20,22-23,27H,7-10,12-16,18-19H2,1-4H3,(H,32,40)(H,33,39)(H,34,36)/t20?,22?,23-,27+/m0/s1. The van der Waals surface area contributed by atoms with Gasteiger partial charge in [0.05, 0.1) is 31.8 Å². The van der Waals surface area contributed by atoms with Crippen molar-refractivity contribution in [3.8, 4) is 0 Å². The molecule has 0 aromatic carbocycles. The van der Waals surface area contributed by atoms with Gasteiger partial charge >= 0.3 is 5.97 Å². The first-order valence-electron chi connectivity index (χ1n) is 14.8. The Morgan fingerprint density at radius 1 is 1.00 bits per heavy atom. The fourth-order valence-electron chi connectivity index (χ4n) is 5.32. The van der Waals surface area contributed by atoms with Crippen LogP contribution < -0.4 is 16.0 Å². The molecular weight excluding hydrogens is 558 g/mol. The number of hydrogen-bond acceptors (Lipinski definition) is 9. The molecule has 0 unspecified atom stereocenters. The van der Waals surface area contributed by atoms with Crippen LogP contribution in [0.1, 0.15) is 64.5 Å². The molecular formula is C30H45N5O8. The van der Waals surface area contributed by atoms with Gasteiger partial charge in [0.1, 0.15) is 18.8 Å². The van der Waals surface area contributed by atoms with Gasteiger partial charge in [-0.15, -0.1) is 0 Å². The second kappa shape index (κ2) is 16.3. The van der Waals surface area contributed by atoms with Crippen molar-refractivity contribution in [3.05, 3.63) is 30.1 Å². The predicted octanol–water partition coefficient (Wildman–Crippen LogP) is 0.883. The normalized spacial score (nSPS) is 22.1. The summed E-state index contributed by atoms with van der Waals surface area (Å²) in [5.74, 6) is -1.87. The number of aromatic nitrogens is 1. The Labute approximate surface area is 252 Å². The Kier molecular flexibility index (Phi) is 12.9. The van der Waals surface area contributed by atoms with E-state index in [0.29, 0.717) is 25.7 Å². The van der Waals surface area contributed by atoms with Crippen molar-refractivity contribution in [2.45, 2.75) is 70.6 Å². The minimum atomic E-state index is -0.600. The first-order chi connectivity index (χ1) is 20.4. The van der Waals surface area contributed by atoms with E-state index < -0.39 is 17.5 Å². The lowest BCUT2D eigenvalue weighted by molar-refractivity contribution is -0.154. The molecule has 2 atom stereocenters. The highest BCUT2D eigenvalue weighted by Crippen LogP contribution is 2.36. The second-order valence-electron chi connectivity index (χ2n) is 11.9. The number of carbonyl (C=O) groups excluding carboxylic acids is 5. The minimum Gasteiger partial charge on any atom is -0.459 e. The third-order valence-corrected chi connectivity index (χ3v) is 7.39. The first kappa shape index (κ1) is 33.9. The zero-order valence-corrected chi connectivity index (χ0v) is 25.6. The van der Waals surface area contributed by atoms with Crippen LogP contribution in [0, 0.1) is 11.8 Å². The average molecular weight is 604 g/mol. The summed E-state index contributed by atoms with van der Waals surface area (Å²) in [5, 5.41) is 8.42. The van der Waals surface area contributed by atoms with Crippen LogP contribution in [0.2, 0.25) is 0 Å². The van der Waals surface area contributed by atoms with Crippen LogP contribution in [0.5, 0.6) is 0 Å². The van der Waals surface area contributed by atoms with Crippen LogP contribution >= 0.6 is 0 Å². The van der Waals surface area contributed by atoms with Crippen molar-refractivity contribution in [2.24, 2.45) is 11.8 Å². The summed E-state index contributed by atoms with van der Waals surface area (Å²) in [6.45, 7) is 6.09. The zero-order chi connectivity index (χ0) is 31.4. The molecule has 1 aromatic rings. The van der Waals surface area contributed by atoms with E-state index in [1.807, 2.05) is 6.07 Å². The highest BCUT2D eigenvalue weighted by molar-refractivity contribution is 5.90. The van der Waals surface area contributed by atoms with Crippen molar-refractivity contribution < 1.29 is 38.2 Å². The summed E-state index contributed by atoms with van der Waals surface area (Å²) in [5.41, 5.74) is 0.220. The summed E-state index contributed by atoms with van der Waals surface area (Å²) in [7, 11) is 1.69. The van der Waals surface area contributed by atoms with Crippen LogP contribution in [-0.2, 0) is 38.2 Å². The van der Waals surface area contributed by atoms with Crippen LogP contribution in [0.15, 0.2) is 24.5 Å². The van der Waals surface area contributed by atoms with Gasteiger partial charge in [0.15, 0.2) is 0 Å². The van der Waals surface area contributed by atoms with Crippen molar-refractivity contribution in [1.82, 2.24) is 25.8 Å². The molecule has 0 spiro atoms. The number of rotatable bonds is 14. The summed E-state index contributed by atoms with van der Waals surface area (Å²) in [4.78, 5) is 67.1. The van der Waals surface area contributed by atoms with Crippen LogP contribution in [0.4, 0.5) is 0 Å². The fourth-order valence-corrected chi connectivity index (χ4v) is 5.32. The molecule has 2 heterocycles. The van der Waals surface area contributed by atoms with Crippen molar-refractivity contribution in [3.63, 3.8) is 0 Å². The monoisotopic (exact) mass is 603 g/mol. The molecule has 1 saturated carbocycles. The molecule has 13 heteroatoms. The number of carbonyl (C=O) groups is 5. The molecule has 3 rings (SSSR count). The van der Waals surface area contributed by atoms with E-state index in [1.165, 1.54) is 0 Å². The van der Waals surface area contributed by atoms with E-state index in [-0.39, 0.29) is 87.6 Å². The first-order valence-corrected chi connectivity index (χ1v) is 14.8. The number of pyridine rings is 1. The van der Waals surface area contributed by atoms with E-state index in [4.69, 9.17) is 14.2 Å². The lowest BCUT2D eigenvalue weighted by Crippen LogP contribution is -2.43. The molecule has 0 bridgehead atoms. The smallest absolute Gasteiger partial charge is 0.325 e. The fraction of sp³-hybridized carbons (Fsp3) is 0.667. The Hall–Kier alpha value is -3.58. The van der Waals surface area contributed by atoms with Crippen molar-refractivity contribution in [1.29, 1.82) is 0 Å². The van der Waals surface area contributed by atoms with Gasteiger partial charge in [0.25, 0.3) is 0 Å². The van der Waals surface area contributed by atoms with Gasteiger partial charge in [-0.05, 0) is 58.1 Å². The van der Waals surface area contributed by atoms with Crippen molar-refractivity contribution in [2.75, 3.05) is 46.6 Å². The second-order valence-corrected chi connectivity index (χ2v) is 11.9. The number of amides is 4. The van der Waals surface area contributed by atoms with Gasteiger partial charge in [0.2, 0.25) is 23.6 Å². The van der Waals surface area contributed by atoms with Gasteiger partial charge < -0.3 is 35.1 Å². The molecule has 2 aliphatic rings. The van der Waals surface area contributed by atoms with Crippen LogP contribution in [-0.4, -0.2) is 97.7 Å². The zero-order valence-electron chi connectivity index (χ0n) is 25.6. The molecule has 238 valence electrons. The van der Waals surface area contributed by atoms with Gasteiger partial charge in [-0.3, -0.25) is 29.0 Å². The van der Waals surface area contributed by atoms with E-state index in [1.54, 1.807) is 51.2 Å². The maximum atomic E-state index is 12.8. The number of esters is 1. The summed E-state index contributed by atoms with van der Waals surface area (Å²) < 4.78 is 16.1. The van der Waals surface area contributed by atoms with E-state index >= 15 is 0 Å². The molecule has 4 amide bonds. The molecule has 13 nitrogen and oxygen atoms in total. The third kappa shape index (κ3) is 11.2. The van der Waals surface area contributed by atoms with E-state index in [0.717, 1.165) is 5.56 Å². The molecule has 1 aliphatic carbocycles. The molecule has 3 N–H and O–H groups in total. The topological polar surface area (TPSA) is 165 Å². The van der Waals surface area contributed by atoms with Crippen LogP contribution in [0.3, 0.4) is 0 Å². The highest BCUT2D eigenvalue weighted by Gasteiger charge is 2.42.